The van der Waals surface area contributed by atoms with Gasteiger partial charge in [-0.1, -0.05) is 285 Å². The Labute approximate surface area is 517 Å². The van der Waals surface area contributed by atoms with E-state index in [0.717, 1.165) is 95.8 Å². The number of carbonyl (C=O) groups is 4. The average molecular weight is 1260 g/mol. The highest BCUT2D eigenvalue weighted by atomic mass is 31.2. The Hall–Kier alpha value is -1.94. The van der Waals surface area contributed by atoms with Crippen molar-refractivity contribution < 1.29 is 80.2 Å². The average Bonchev–Trinajstić information content (AvgIpc) is 3.49. The molecule has 0 aliphatic carbocycles. The zero-order valence-electron chi connectivity index (χ0n) is 54.7. The molecule has 6 atom stereocenters. The molecular weight excluding hydrogens is 1130 g/mol. The van der Waals surface area contributed by atoms with E-state index in [1.54, 1.807) is 0 Å². The highest BCUT2D eigenvalue weighted by Gasteiger charge is 2.30. The quantitative estimate of drug-likeness (QED) is 0.0222. The number of hydrogen-bond donors (Lipinski definition) is 3. The summed E-state index contributed by atoms with van der Waals surface area (Å²) in [6.07, 6.45) is 44.2. The molecule has 0 aromatic heterocycles. The summed E-state index contributed by atoms with van der Waals surface area (Å²) in [5.74, 6) is -1.33. The van der Waals surface area contributed by atoms with Crippen LogP contribution in [0.1, 0.15) is 336 Å². The van der Waals surface area contributed by atoms with Crippen LogP contribution in [0.2, 0.25) is 0 Å². The van der Waals surface area contributed by atoms with Gasteiger partial charge in [0.05, 0.1) is 26.4 Å². The molecule has 17 nitrogen and oxygen atoms in total. The van der Waals surface area contributed by atoms with Crippen LogP contribution >= 0.6 is 15.6 Å². The van der Waals surface area contributed by atoms with E-state index in [4.69, 9.17) is 37.0 Å². The number of esters is 4. The monoisotopic (exact) mass is 1250 g/mol. The van der Waals surface area contributed by atoms with E-state index in [1.165, 1.54) is 161 Å². The number of ether oxygens (including phenoxy) is 4. The van der Waals surface area contributed by atoms with Crippen LogP contribution < -0.4 is 0 Å². The van der Waals surface area contributed by atoms with E-state index in [9.17, 15) is 43.2 Å². The van der Waals surface area contributed by atoms with Crippen molar-refractivity contribution >= 4 is 39.5 Å². The van der Waals surface area contributed by atoms with Gasteiger partial charge in [0.1, 0.15) is 19.3 Å². The number of phosphoric acid groups is 2. The van der Waals surface area contributed by atoms with Crippen molar-refractivity contribution in [2.24, 2.45) is 5.92 Å². The van der Waals surface area contributed by atoms with Crippen molar-refractivity contribution in [1.29, 1.82) is 0 Å². The molecule has 0 aliphatic rings. The van der Waals surface area contributed by atoms with Gasteiger partial charge in [-0.05, 0) is 31.6 Å². The Bertz CT molecular complexity index is 1650. The van der Waals surface area contributed by atoms with Gasteiger partial charge in [-0.25, -0.2) is 9.13 Å². The number of hydrogen-bond acceptors (Lipinski definition) is 15. The Morgan fingerprint density at radius 1 is 0.329 bits per heavy atom. The maximum atomic E-state index is 13.0. The lowest BCUT2D eigenvalue weighted by Gasteiger charge is -2.21. The molecule has 0 radical (unpaired) electrons. The first-order chi connectivity index (χ1) is 41.1. The predicted molar refractivity (Wildman–Crippen MR) is 340 cm³/mol. The number of aliphatic hydroxyl groups excluding tert-OH is 1. The normalized spacial score (nSPS) is 14.5. The van der Waals surface area contributed by atoms with Crippen molar-refractivity contribution in [3.8, 4) is 0 Å². The van der Waals surface area contributed by atoms with Gasteiger partial charge < -0.3 is 33.8 Å². The molecule has 0 saturated heterocycles. The van der Waals surface area contributed by atoms with Crippen LogP contribution in [0.5, 0.6) is 0 Å². The summed E-state index contributed by atoms with van der Waals surface area (Å²) in [6.45, 7) is 7.22. The Morgan fingerprint density at radius 3 is 0.835 bits per heavy atom. The van der Waals surface area contributed by atoms with E-state index in [1.807, 2.05) is 0 Å². The molecule has 0 aromatic carbocycles. The van der Waals surface area contributed by atoms with Crippen LogP contribution in [-0.2, 0) is 65.4 Å². The molecule has 85 heavy (non-hydrogen) atoms. The second-order valence-electron chi connectivity index (χ2n) is 24.1. The van der Waals surface area contributed by atoms with Crippen LogP contribution in [0.25, 0.3) is 0 Å². The molecule has 0 fully saturated rings. The zero-order chi connectivity index (χ0) is 62.8. The van der Waals surface area contributed by atoms with E-state index in [0.29, 0.717) is 25.7 Å². The van der Waals surface area contributed by atoms with Crippen molar-refractivity contribution in [3.63, 3.8) is 0 Å². The second-order valence-corrected chi connectivity index (χ2v) is 27.0. The highest BCUT2D eigenvalue weighted by molar-refractivity contribution is 7.47. The third kappa shape index (κ3) is 59.5. The first-order valence-electron chi connectivity index (χ1n) is 34.7. The Morgan fingerprint density at radius 2 is 0.565 bits per heavy atom. The summed E-state index contributed by atoms with van der Waals surface area (Å²) >= 11 is 0. The summed E-state index contributed by atoms with van der Waals surface area (Å²) in [7, 11) is -9.89. The Balaban J connectivity index is 5.24. The van der Waals surface area contributed by atoms with Crippen molar-refractivity contribution in [2.45, 2.75) is 355 Å². The van der Waals surface area contributed by atoms with Gasteiger partial charge in [0.15, 0.2) is 12.2 Å². The number of rotatable bonds is 66. The highest BCUT2D eigenvalue weighted by Crippen LogP contribution is 2.45. The third-order valence-electron chi connectivity index (χ3n) is 15.6. The molecule has 3 unspecified atom stereocenters. The summed E-state index contributed by atoms with van der Waals surface area (Å²) < 4.78 is 68.1. The van der Waals surface area contributed by atoms with Crippen LogP contribution in [-0.4, -0.2) is 96.7 Å². The molecule has 0 aromatic rings. The minimum Gasteiger partial charge on any atom is -0.462 e. The van der Waals surface area contributed by atoms with Gasteiger partial charge in [0, 0.05) is 25.7 Å². The van der Waals surface area contributed by atoms with Gasteiger partial charge in [0.25, 0.3) is 0 Å². The standard InChI is InChI=1S/C66H128O17P2/c1-6-10-13-16-19-22-24-25-31-35-40-45-50-64(69)77-56-62(83-66(71)52-47-42-37-32-27-26-29-33-38-43-48-59(5)9-4)58-81-85(74,75)79-54-60(67)53-78-84(72,73)80-57-61(55-76-63(68)49-44-39-34-28-21-18-15-12-8-3)82-65(70)51-46-41-36-30-23-20-17-14-11-7-2/h59-62,67H,6-58H2,1-5H3,(H,72,73)(H,74,75)/t59?,60-,61+,62+/m0/s1. The van der Waals surface area contributed by atoms with E-state index in [-0.39, 0.29) is 25.7 Å². The second kappa shape index (κ2) is 59.7. The van der Waals surface area contributed by atoms with Crippen molar-refractivity contribution in [2.75, 3.05) is 39.6 Å². The minimum absolute atomic E-state index is 0.106. The first kappa shape index (κ1) is 83.1. The fourth-order valence-electron chi connectivity index (χ4n) is 9.90. The summed E-state index contributed by atoms with van der Waals surface area (Å²) in [4.78, 5) is 72.3. The maximum Gasteiger partial charge on any atom is 0.472 e. The number of aliphatic hydroxyl groups is 1. The summed E-state index contributed by atoms with van der Waals surface area (Å²) in [5, 5.41) is 10.5. The largest absolute Gasteiger partial charge is 0.472 e. The molecule has 0 rings (SSSR count). The van der Waals surface area contributed by atoms with Gasteiger partial charge in [0.2, 0.25) is 0 Å². The van der Waals surface area contributed by atoms with Crippen LogP contribution in [0.4, 0.5) is 0 Å². The van der Waals surface area contributed by atoms with Gasteiger partial charge in [-0.3, -0.25) is 37.3 Å². The van der Waals surface area contributed by atoms with Gasteiger partial charge in [-0.2, -0.15) is 0 Å². The molecule has 3 N–H and O–H groups in total. The Kier molecular flexibility index (Phi) is 58.3. The summed E-state index contributed by atoms with van der Waals surface area (Å²) in [5.41, 5.74) is 0. The SMILES string of the molecule is CCCCCCCCCCCCCCC(=O)OC[C@H](COP(=O)(O)OC[C@@H](O)COP(=O)(O)OC[C@@H](COC(=O)CCCCCCCCCCC)OC(=O)CCCCCCCCCCCC)OC(=O)CCCCCCCCCCCCC(C)CC. The lowest BCUT2D eigenvalue weighted by Crippen LogP contribution is -2.30. The van der Waals surface area contributed by atoms with E-state index in [2.05, 4.69) is 34.6 Å². The number of unbranched alkanes of at least 4 members (excludes halogenated alkanes) is 37. The molecule has 0 amide bonds. The lowest BCUT2D eigenvalue weighted by molar-refractivity contribution is -0.161. The van der Waals surface area contributed by atoms with Crippen LogP contribution in [0, 0.1) is 5.92 Å². The van der Waals surface area contributed by atoms with Crippen LogP contribution in [0.3, 0.4) is 0 Å². The van der Waals surface area contributed by atoms with Crippen LogP contribution in [0.15, 0.2) is 0 Å². The van der Waals surface area contributed by atoms with Gasteiger partial charge >= 0.3 is 39.5 Å². The molecule has 504 valence electrons. The maximum absolute atomic E-state index is 13.0. The number of carbonyl (C=O) groups excluding carboxylic acids is 4. The zero-order valence-corrected chi connectivity index (χ0v) is 56.5. The molecule has 0 aliphatic heterocycles. The molecule has 0 heterocycles. The van der Waals surface area contributed by atoms with Gasteiger partial charge in [-0.15, -0.1) is 0 Å². The van der Waals surface area contributed by atoms with E-state index < -0.39 is 97.5 Å². The van der Waals surface area contributed by atoms with Crippen molar-refractivity contribution in [1.82, 2.24) is 0 Å². The first-order valence-corrected chi connectivity index (χ1v) is 37.7. The fraction of sp³-hybridized carbons (Fsp3) is 0.939. The predicted octanol–water partition coefficient (Wildman–Crippen LogP) is 18.6. The number of phosphoric ester groups is 2. The topological polar surface area (TPSA) is 237 Å². The molecule has 0 spiro atoms. The minimum atomic E-state index is -4.95. The summed E-state index contributed by atoms with van der Waals surface area (Å²) in [6, 6.07) is 0. The van der Waals surface area contributed by atoms with E-state index >= 15 is 0 Å². The molecule has 0 bridgehead atoms. The fourth-order valence-corrected chi connectivity index (χ4v) is 11.5. The van der Waals surface area contributed by atoms with Crippen molar-refractivity contribution in [3.05, 3.63) is 0 Å². The third-order valence-corrected chi connectivity index (χ3v) is 17.5. The molecule has 0 saturated carbocycles. The lowest BCUT2D eigenvalue weighted by atomic mass is 9.99. The molecule has 19 heteroatoms. The smallest absolute Gasteiger partial charge is 0.462 e. The molecular formula is C66H128O17P2.